The third kappa shape index (κ3) is 4.73. The fraction of sp³-hybridized carbons (Fsp3) is 0.611. The van der Waals surface area contributed by atoms with Crippen LogP contribution in [0.5, 0.6) is 0 Å². The molecule has 1 aliphatic rings. The Morgan fingerprint density at radius 1 is 1.32 bits per heavy atom. The van der Waals surface area contributed by atoms with Crippen molar-refractivity contribution in [2.24, 2.45) is 5.41 Å². The quantitative estimate of drug-likeness (QED) is 0.879. The SMILES string of the molecule is CC(C)NC(=O)Cc1ccc(NC2CCOCC2(C)C)cc1. The minimum absolute atomic E-state index is 0.0706. The molecular formula is C18H28N2O2. The lowest BCUT2D eigenvalue weighted by Crippen LogP contribution is -2.44. The van der Waals surface area contributed by atoms with Gasteiger partial charge in [0.15, 0.2) is 0 Å². The van der Waals surface area contributed by atoms with Crippen LogP contribution in [-0.2, 0) is 16.0 Å². The molecule has 22 heavy (non-hydrogen) atoms. The van der Waals surface area contributed by atoms with Gasteiger partial charge in [-0.25, -0.2) is 0 Å². The Balaban J connectivity index is 1.93. The normalized spacial score (nSPS) is 20.7. The zero-order valence-electron chi connectivity index (χ0n) is 14.1. The lowest BCUT2D eigenvalue weighted by Gasteiger charge is -2.39. The van der Waals surface area contributed by atoms with Crippen LogP contribution in [0, 0.1) is 5.41 Å². The summed E-state index contributed by atoms with van der Waals surface area (Å²) in [7, 11) is 0. The van der Waals surface area contributed by atoms with E-state index in [1.54, 1.807) is 0 Å². The average Bonchev–Trinajstić information content (AvgIpc) is 2.42. The van der Waals surface area contributed by atoms with E-state index in [9.17, 15) is 4.79 Å². The summed E-state index contributed by atoms with van der Waals surface area (Å²) in [6.45, 7) is 10.0. The zero-order valence-corrected chi connectivity index (χ0v) is 14.1. The van der Waals surface area contributed by atoms with Gasteiger partial charge in [-0.15, -0.1) is 0 Å². The number of rotatable bonds is 5. The summed E-state index contributed by atoms with van der Waals surface area (Å²) in [5, 5.41) is 6.52. The second-order valence-corrected chi connectivity index (χ2v) is 7.12. The number of anilines is 1. The van der Waals surface area contributed by atoms with Gasteiger partial charge in [0.1, 0.15) is 0 Å². The predicted octanol–water partition coefficient (Wildman–Crippen LogP) is 2.98. The number of carbonyl (C=O) groups excluding carboxylic acids is 1. The van der Waals surface area contributed by atoms with Crippen molar-refractivity contribution >= 4 is 11.6 Å². The van der Waals surface area contributed by atoms with E-state index < -0.39 is 0 Å². The Morgan fingerprint density at radius 3 is 2.59 bits per heavy atom. The van der Waals surface area contributed by atoms with Crippen LogP contribution in [-0.4, -0.2) is 31.2 Å². The van der Waals surface area contributed by atoms with Gasteiger partial charge < -0.3 is 15.4 Å². The molecule has 0 saturated carbocycles. The molecule has 4 nitrogen and oxygen atoms in total. The van der Waals surface area contributed by atoms with Crippen LogP contribution in [0.3, 0.4) is 0 Å². The third-order valence-electron chi connectivity index (χ3n) is 4.08. The standard InChI is InChI=1S/C18H28N2O2/c1-13(2)19-17(21)11-14-5-7-15(8-6-14)20-16-9-10-22-12-18(16,3)4/h5-8,13,16,20H,9-12H2,1-4H3,(H,19,21). The summed E-state index contributed by atoms with van der Waals surface area (Å²) in [5.41, 5.74) is 2.27. The molecule has 0 bridgehead atoms. The molecule has 1 heterocycles. The van der Waals surface area contributed by atoms with Gasteiger partial charge in [-0.05, 0) is 38.0 Å². The lowest BCUT2D eigenvalue weighted by molar-refractivity contribution is -0.120. The van der Waals surface area contributed by atoms with Crippen molar-refractivity contribution in [3.8, 4) is 0 Å². The third-order valence-corrected chi connectivity index (χ3v) is 4.08. The maximum absolute atomic E-state index is 11.8. The molecule has 2 rings (SSSR count). The second-order valence-electron chi connectivity index (χ2n) is 7.12. The molecule has 1 fully saturated rings. The molecule has 1 atom stereocenters. The van der Waals surface area contributed by atoms with Crippen molar-refractivity contribution in [2.75, 3.05) is 18.5 Å². The van der Waals surface area contributed by atoms with Crippen molar-refractivity contribution in [3.63, 3.8) is 0 Å². The van der Waals surface area contributed by atoms with Crippen LogP contribution in [0.2, 0.25) is 0 Å². The number of nitrogens with one attached hydrogen (secondary N) is 2. The summed E-state index contributed by atoms with van der Waals surface area (Å²) in [6, 6.07) is 8.76. The van der Waals surface area contributed by atoms with E-state index in [0.29, 0.717) is 12.5 Å². The number of carbonyl (C=O) groups is 1. The monoisotopic (exact) mass is 304 g/mol. The summed E-state index contributed by atoms with van der Waals surface area (Å²) in [6.07, 6.45) is 1.45. The highest BCUT2D eigenvalue weighted by atomic mass is 16.5. The Bertz CT molecular complexity index is 494. The molecule has 1 amide bonds. The number of benzene rings is 1. The molecule has 122 valence electrons. The van der Waals surface area contributed by atoms with Gasteiger partial charge >= 0.3 is 0 Å². The van der Waals surface area contributed by atoms with Gasteiger partial charge in [0.05, 0.1) is 13.0 Å². The summed E-state index contributed by atoms with van der Waals surface area (Å²) >= 11 is 0. The van der Waals surface area contributed by atoms with Crippen molar-refractivity contribution in [1.29, 1.82) is 0 Å². The maximum atomic E-state index is 11.8. The summed E-state index contributed by atoms with van der Waals surface area (Å²) < 4.78 is 5.56. The summed E-state index contributed by atoms with van der Waals surface area (Å²) in [4.78, 5) is 11.8. The van der Waals surface area contributed by atoms with E-state index in [-0.39, 0.29) is 17.4 Å². The molecule has 0 aromatic heterocycles. The highest BCUT2D eigenvalue weighted by Gasteiger charge is 2.32. The van der Waals surface area contributed by atoms with Crippen LogP contribution in [0.15, 0.2) is 24.3 Å². The number of ether oxygens (including phenoxy) is 1. The fourth-order valence-electron chi connectivity index (χ4n) is 2.77. The van der Waals surface area contributed by atoms with E-state index in [0.717, 1.165) is 30.9 Å². The van der Waals surface area contributed by atoms with Gasteiger partial charge in [-0.1, -0.05) is 26.0 Å². The molecule has 1 unspecified atom stereocenters. The van der Waals surface area contributed by atoms with Crippen molar-refractivity contribution in [1.82, 2.24) is 5.32 Å². The van der Waals surface area contributed by atoms with E-state index in [2.05, 4.69) is 36.6 Å². The van der Waals surface area contributed by atoms with Crippen molar-refractivity contribution < 1.29 is 9.53 Å². The minimum atomic E-state index is 0.0706. The first-order chi connectivity index (χ1) is 10.4. The molecule has 0 spiro atoms. The lowest BCUT2D eigenvalue weighted by atomic mass is 9.82. The van der Waals surface area contributed by atoms with Gasteiger partial charge in [-0.2, -0.15) is 0 Å². The highest BCUT2D eigenvalue weighted by Crippen LogP contribution is 2.30. The first-order valence-corrected chi connectivity index (χ1v) is 8.09. The van der Waals surface area contributed by atoms with Crippen LogP contribution in [0.25, 0.3) is 0 Å². The maximum Gasteiger partial charge on any atom is 0.224 e. The largest absolute Gasteiger partial charge is 0.382 e. The van der Waals surface area contributed by atoms with E-state index in [1.165, 1.54) is 0 Å². The number of hydrogen-bond acceptors (Lipinski definition) is 3. The van der Waals surface area contributed by atoms with Crippen LogP contribution in [0.1, 0.15) is 39.7 Å². The molecule has 4 heteroatoms. The predicted molar refractivity (Wildman–Crippen MR) is 90.1 cm³/mol. The first-order valence-electron chi connectivity index (χ1n) is 8.09. The van der Waals surface area contributed by atoms with Gasteiger partial charge in [-0.3, -0.25) is 4.79 Å². The molecule has 1 aromatic carbocycles. The molecule has 0 radical (unpaired) electrons. The van der Waals surface area contributed by atoms with Gasteiger partial charge in [0.2, 0.25) is 5.91 Å². The molecular weight excluding hydrogens is 276 g/mol. The smallest absolute Gasteiger partial charge is 0.224 e. The first kappa shape index (κ1) is 16.8. The minimum Gasteiger partial charge on any atom is -0.382 e. The Kier molecular flexibility index (Phi) is 5.46. The second kappa shape index (κ2) is 7.14. The van der Waals surface area contributed by atoms with Crippen molar-refractivity contribution in [3.05, 3.63) is 29.8 Å². The Labute approximate surface area is 133 Å². The topological polar surface area (TPSA) is 50.4 Å². The summed E-state index contributed by atoms with van der Waals surface area (Å²) in [5.74, 6) is 0.0706. The van der Waals surface area contributed by atoms with Gasteiger partial charge in [0, 0.05) is 29.8 Å². The van der Waals surface area contributed by atoms with Crippen LogP contribution in [0.4, 0.5) is 5.69 Å². The molecule has 1 aliphatic heterocycles. The van der Waals surface area contributed by atoms with Crippen LogP contribution >= 0.6 is 0 Å². The highest BCUT2D eigenvalue weighted by molar-refractivity contribution is 5.78. The molecule has 1 aromatic rings. The van der Waals surface area contributed by atoms with E-state index >= 15 is 0 Å². The number of hydrogen-bond donors (Lipinski definition) is 2. The number of amides is 1. The van der Waals surface area contributed by atoms with Crippen molar-refractivity contribution in [2.45, 2.75) is 52.6 Å². The Hall–Kier alpha value is -1.55. The zero-order chi connectivity index (χ0) is 16.2. The molecule has 2 N–H and O–H groups in total. The Morgan fingerprint density at radius 2 is 2.00 bits per heavy atom. The average molecular weight is 304 g/mol. The van der Waals surface area contributed by atoms with Crippen LogP contribution < -0.4 is 10.6 Å². The van der Waals surface area contributed by atoms with Gasteiger partial charge in [0.25, 0.3) is 0 Å². The molecule has 0 aliphatic carbocycles. The molecule has 1 saturated heterocycles. The van der Waals surface area contributed by atoms with E-state index in [4.69, 9.17) is 4.74 Å². The van der Waals surface area contributed by atoms with E-state index in [1.807, 2.05) is 26.0 Å². The fourth-order valence-corrected chi connectivity index (χ4v) is 2.77.